The number of oxime groups is 1. The molecule has 6 unspecified atom stereocenters. The number of nitrogens with zero attached hydrogens (tertiary/aromatic N) is 2. The van der Waals surface area contributed by atoms with Crippen LogP contribution in [-0.4, -0.2) is 71.8 Å². The van der Waals surface area contributed by atoms with Crippen molar-refractivity contribution in [2.24, 2.45) is 22.9 Å². The summed E-state index contributed by atoms with van der Waals surface area (Å²) < 4.78 is 35.3. The Morgan fingerprint density at radius 2 is 1.62 bits per heavy atom. The van der Waals surface area contributed by atoms with E-state index in [2.05, 4.69) is 19.6 Å². The fourth-order valence-electron chi connectivity index (χ4n) is 10.5. The standard InChI is InChI=1S/C54H71FN2O8/c1-4-6-7-8-9-10-11-12-13-23-51(61)57(37-39-24-26-42(55)27-25-39)50-36-48(56-62-3)46-34-41(20-14-16-30-58)45(22-15-17-31-59)52-47-35-44(64-43-21-18-19-40(33-43)38-60)28-29-49(47)65-54(50,53(46)52)63-32-5-2/h5,18-19,21,24-29,33-35,38,41,45,50,52-53,58-59H,2,4,6-17,20,22-23,30-32,36-37H2,1,3H3. The number of amides is 1. The molecule has 0 aromatic heterocycles. The van der Waals surface area contributed by atoms with Crippen LogP contribution in [0.15, 0.2) is 96.2 Å². The zero-order valence-electron chi connectivity index (χ0n) is 38.6. The highest BCUT2D eigenvalue weighted by molar-refractivity contribution is 6.03. The molecular formula is C54H71FN2O8. The summed E-state index contributed by atoms with van der Waals surface area (Å²) in [6, 6.07) is 18.4. The Morgan fingerprint density at radius 3 is 2.31 bits per heavy atom. The molecule has 352 valence electrons. The van der Waals surface area contributed by atoms with Gasteiger partial charge in [0.15, 0.2) is 0 Å². The average molecular weight is 895 g/mol. The highest BCUT2D eigenvalue weighted by Gasteiger charge is 2.65. The molecule has 0 bridgehead atoms. The normalized spacial score (nSPS) is 22.6. The summed E-state index contributed by atoms with van der Waals surface area (Å²) in [5.41, 5.74) is 3.84. The number of allylic oxidation sites excluding steroid dienone is 1. The van der Waals surface area contributed by atoms with E-state index in [9.17, 15) is 19.4 Å². The number of hydrogen-bond donors (Lipinski definition) is 2. The predicted molar refractivity (Wildman–Crippen MR) is 253 cm³/mol. The van der Waals surface area contributed by atoms with Crippen LogP contribution in [0.4, 0.5) is 4.39 Å². The van der Waals surface area contributed by atoms with Crippen LogP contribution in [0.1, 0.15) is 143 Å². The molecule has 1 amide bonds. The number of aliphatic hydroxyl groups is 2. The van der Waals surface area contributed by atoms with Crippen LogP contribution in [0.25, 0.3) is 0 Å². The summed E-state index contributed by atoms with van der Waals surface area (Å²) in [6.45, 7) is 6.79. The molecular weight excluding hydrogens is 824 g/mol. The highest BCUT2D eigenvalue weighted by Crippen LogP contribution is 2.62. The van der Waals surface area contributed by atoms with Gasteiger partial charge in [0, 0.05) is 49.6 Å². The van der Waals surface area contributed by atoms with Gasteiger partial charge in [-0.15, -0.1) is 6.58 Å². The highest BCUT2D eigenvalue weighted by atomic mass is 19.1. The average Bonchev–Trinajstić information content (AvgIpc) is 3.31. The summed E-state index contributed by atoms with van der Waals surface area (Å²) >= 11 is 0. The van der Waals surface area contributed by atoms with E-state index in [1.807, 2.05) is 29.2 Å². The Balaban J connectivity index is 1.49. The van der Waals surface area contributed by atoms with Crippen molar-refractivity contribution in [2.45, 2.75) is 140 Å². The number of aldehydes is 1. The number of rotatable bonds is 28. The second-order valence-electron chi connectivity index (χ2n) is 18.0. The van der Waals surface area contributed by atoms with Crippen LogP contribution in [0, 0.1) is 23.6 Å². The monoisotopic (exact) mass is 895 g/mol. The third-order valence-corrected chi connectivity index (χ3v) is 13.5. The van der Waals surface area contributed by atoms with Crippen molar-refractivity contribution in [3.63, 3.8) is 0 Å². The summed E-state index contributed by atoms with van der Waals surface area (Å²) in [6.07, 6.45) is 20.1. The van der Waals surface area contributed by atoms with Gasteiger partial charge in [0.1, 0.15) is 42.5 Å². The van der Waals surface area contributed by atoms with Gasteiger partial charge in [0.25, 0.3) is 0 Å². The number of aliphatic hydroxyl groups excluding tert-OH is 2. The number of halogens is 1. The number of carbonyl (C=O) groups is 2. The van der Waals surface area contributed by atoms with Crippen LogP contribution in [-0.2, 0) is 20.9 Å². The molecule has 1 aliphatic heterocycles. The minimum atomic E-state index is -1.43. The molecule has 0 radical (unpaired) electrons. The molecule has 1 fully saturated rings. The van der Waals surface area contributed by atoms with Crippen LogP contribution in [0.3, 0.4) is 0 Å². The molecule has 0 spiro atoms. The van der Waals surface area contributed by atoms with E-state index in [-0.39, 0.29) is 62.3 Å². The van der Waals surface area contributed by atoms with E-state index in [1.165, 1.54) is 51.3 Å². The Labute approximate surface area is 385 Å². The molecule has 1 saturated carbocycles. The zero-order chi connectivity index (χ0) is 46.0. The number of carbonyl (C=O) groups excluding carboxylic acids is 2. The lowest BCUT2D eigenvalue weighted by Gasteiger charge is -2.60. The van der Waals surface area contributed by atoms with Gasteiger partial charge in [-0.25, -0.2) is 4.39 Å². The maximum atomic E-state index is 15.0. The van der Waals surface area contributed by atoms with Gasteiger partial charge < -0.3 is 34.2 Å². The second-order valence-corrected chi connectivity index (χ2v) is 18.0. The molecule has 0 saturated heterocycles. The molecule has 2 aliphatic carbocycles. The van der Waals surface area contributed by atoms with Crippen molar-refractivity contribution in [3.8, 4) is 17.2 Å². The molecule has 10 nitrogen and oxygen atoms in total. The van der Waals surface area contributed by atoms with Crippen LogP contribution >= 0.6 is 0 Å². The van der Waals surface area contributed by atoms with Gasteiger partial charge in [0.2, 0.25) is 11.7 Å². The fourth-order valence-corrected chi connectivity index (χ4v) is 10.5. The minimum Gasteiger partial charge on any atom is -0.459 e. The maximum Gasteiger partial charge on any atom is 0.239 e. The number of unbranched alkanes of at least 4 members (excludes halogenated alkanes) is 10. The minimum absolute atomic E-state index is 0.0303. The molecule has 6 atom stereocenters. The van der Waals surface area contributed by atoms with Gasteiger partial charge in [-0.1, -0.05) is 113 Å². The van der Waals surface area contributed by atoms with Crippen molar-refractivity contribution in [1.82, 2.24) is 4.90 Å². The molecule has 2 N–H and O–H groups in total. The Kier molecular flexibility index (Phi) is 19.2. The summed E-state index contributed by atoms with van der Waals surface area (Å²) in [4.78, 5) is 34.2. The van der Waals surface area contributed by atoms with Crippen molar-refractivity contribution in [2.75, 3.05) is 26.9 Å². The molecule has 3 aliphatic rings. The summed E-state index contributed by atoms with van der Waals surface area (Å²) in [7, 11) is 1.54. The van der Waals surface area contributed by atoms with Gasteiger partial charge in [-0.2, -0.15) is 0 Å². The Bertz CT molecular complexity index is 2050. The quantitative estimate of drug-likeness (QED) is 0.0319. The molecule has 1 heterocycles. The van der Waals surface area contributed by atoms with Crippen LogP contribution in [0.5, 0.6) is 17.2 Å². The van der Waals surface area contributed by atoms with Gasteiger partial charge in [-0.05, 0) is 97.5 Å². The fraction of sp³-hybridized carbons (Fsp3) is 0.537. The van der Waals surface area contributed by atoms with E-state index < -0.39 is 17.7 Å². The van der Waals surface area contributed by atoms with Crippen molar-refractivity contribution in [1.29, 1.82) is 0 Å². The van der Waals surface area contributed by atoms with E-state index in [0.717, 1.165) is 74.4 Å². The molecule has 3 aromatic carbocycles. The first-order chi connectivity index (χ1) is 31.8. The Morgan fingerprint density at radius 1 is 0.908 bits per heavy atom. The smallest absolute Gasteiger partial charge is 0.239 e. The molecule has 65 heavy (non-hydrogen) atoms. The topological polar surface area (TPSA) is 127 Å². The first kappa shape index (κ1) is 49.6. The van der Waals surface area contributed by atoms with E-state index in [1.54, 1.807) is 36.4 Å². The number of hydrogen-bond acceptors (Lipinski definition) is 9. The second kappa shape index (κ2) is 25.2. The van der Waals surface area contributed by atoms with E-state index in [4.69, 9.17) is 24.2 Å². The molecule has 11 heteroatoms. The van der Waals surface area contributed by atoms with Crippen LogP contribution in [0.2, 0.25) is 0 Å². The third-order valence-electron chi connectivity index (χ3n) is 13.5. The SMILES string of the molecule is C=CCOC12Oc3ccc(Oc4cccc(C=O)c4)cc3C3C(CCCCO)C(CCCCO)C=C(C(=NOC)CC1N(Cc1ccc(F)cc1)C(=O)CCCCCCCCCCC)C32. The van der Waals surface area contributed by atoms with Gasteiger partial charge >= 0.3 is 0 Å². The molecule has 6 rings (SSSR count). The lowest BCUT2D eigenvalue weighted by atomic mass is 9.55. The largest absolute Gasteiger partial charge is 0.459 e. The maximum absolute atomic E-state index is 15.0. The van der Waals surface area contributed by atoms with Crippen molar-refractivity contribution >= 4 is 17.9 Å². The van der Waals surface area contributed by atoms with Crippen molar-refractivity contribution < 1.29 is 43.2 Å². The van der Waals surface area contributed by atoms with Crippen LogP contribution < -0.4 is 9.47 Å². The molecule has 3 aromatic rings. The van der Waals surface area contributed by atoms with Crippen molar-refractivity contribution in [3.05, 3.63) is 114 Å². The summed E-state index contributed by atoms with van der Waals surface area (Å²) in [5.74, 6) is -0.750. The first-order valence-corrected chi connectivity index (χ1v) is 24.2. The van der Waals surface area contributed by atoms with E-state index >= 15 is 4.79 Å². The lowest BCUT2D eigenvalue weighted by molar-refractivity contribution is -0.258. The van der Waals surface area contributed by atoms with Gasteiger partial charge in [-0.3, -0.25) is 9.59 Å². The van der Waals surface area contributed by atoms with E-state index in [0.29, 0.717) is 47.8 Å². The first-order valence-electron chi connectivity index (χ1n) is 24.2. The summed E-state index contributed by atoms with van der Waals surface area (Å²) in [5, 5.41) is 24.6. The Hall–Kier alpha value is -4.84. The van der Waals surface area contributed by atoms with Gasteiger partial charge in [0.05, 0.1) is 18.2 Å². The predicted octanol–water partition coefficient (Wildman–Crippen LogP) is 11.6. The number of benzene rings is 3. The third kappa shape index (κ3) is 12.5. The number of fused-ring (bicyclic) bond motifs is 2. The lowest BCUT2D eigenvalue weighted by Crippen LogP contribution is -2.70. The number of ether oxygens (including phenoxy) is 3. The zero-order valence-corrected chi connectivity index (χ0v) is 38.6.